The van der Waals surface area contributed by atoms with Gasteiger partial charge in [0.25, 0.3) is 11.8 Å². The minimum atomic E-state index is -1.07. The van der Waals surface area contributed by atoms with Gasteiger partial charge in [-0.15, -0.1) is 0 Å². The number of methoxy groups -OCH3 is 1. The Labute approximate surface area is 149 Å². The van der Waals surface area contributed by atoms with Gasteiger partial charge in [-0.3, -0.25) is 9.59 Å². The Morgan fingerprint density at radius 1 is 1.27 bits per heavy atom. The molecule has 1 aromatic carbocycles. The average molecular weight is 358 g/mol. The van der Waals surface area contributed by atoms with Gasteiger partial charge < -0.3 is 24.5 Å². The van der Waals surface area contributed by atoms with E-state index in [1.54, 1.807) is 24.3 Å². The number of aliphatic carboxylic acids is 1. The lowest BCUT2D eigenvalue weighted by atomic mass is 10.1. The molecule has 1 fully saturated rings. The van der Waals surface area contributed by atoms with Crippen molar-refractivity contribution in [1.29, 1.82) is 0 Å². The Kier molecular flexibility index (Phi) is 5.04. The molecule has 8 heteroatoms. The molecule has 136 valence electrons. The van der Waals surface area contributed by atoms with Crippen LogP contribution in [0.4, 0.5) is 5.69 Å². The van der Waals surface area contributed by atoms with Crippen LogP contribution in [0.2, 0.25) is 0 Å². The molecular weight excluding hydrogens is 340 g/mol. The van der Waals surface area contributed by atoms with Crippen molar-refractivity contribution >= 4 is 23.5 Å². The normalized spacial score (nSPS) is 19.3. The lowest BCUT2D eigenvalue weighted by Crippen LogP contribution is -2.40. The molecular formula is C18H18N2O6. The number of nitrogens with zero attached hydrogens (tertiary/aromatic N) is 1. The number of carbonyl (C=O) groups excluding carboxylic acids is 2. The minimum absolute atomic E-state index is 0.148. The molecule has 3 rings (SSSR count). The Morgan fingerprint density at radius 2 is 2.08 bits per heavy atom. The third kappa shape index (κ3) is 3.60. The van der Waals surface area contributed by atoms with Crippen LogP contribution >= 0.6 is 0 Å². The number of anilines is 1. The van der Waals surface area contributed by atoms with Crippen LogP contribution in [0.1, 0.15) is 27.3 Å². The minimum Gasteiger partial charge on any atom is -0.480 e. The molecule has 2 heterocycles. The molecule has 0 spiro atoms. The first-order valence-corrected chi connectivity index (χ1v) is 8.01. The zero-order chi connectivity index (χ0) is 18.7. The maximum atomic E-state index is 12.8. The quantitative estimate of drug-likeness (QED) is 0.844. The molecule has 2 amide bonds. The zero-order valence-corrected chi connectivity index (χ0v) is 14.0. The number of carboxylic acids is 1. The highest BCUT2D eigenvalue weighted by Gasteiger charge is 2.40. The van der Waals surface area contributed by atoms with Crippen molar-refractivity contribution < 1.29 is 28.6 Å². The average Bonchev–Trinajstić information content (AvgIpc) is 3.31. The van der Waals surface area contributed by atoms with Gasteiger partial charge in [0.2, 0.25) is 0 Å². The summed E-state index contributed by atoms with van der Waals surface area (Å²) in [7, 11) is 1.49. The number of benzene rings is 1. The Balaban J connectivity index is 1.77. The molecule has 2 aromatic rings. The molecule has 1 aliphatic rings. The van der Waals surface area contributed by atoms with Crippen molar-refractivity contribution in [3.05, 3.63) is 54.0 Å². The Morgan fingerprint density at radius 3 is 2.73 bits per heavy atom. The van der Waals surface area contributed by atoms with Crippen LogP contribution in [0, 0.1) is 0 Å². The van der Waals surface area contributed by atoms with Crippen LogP contribution in [0.15, 0.2) is 47.1 Å². The van der Waals surface area contributed by atoms with Crippen molar-refractivity contribution in [3.8, 4) is 0 Å². The first-order valence-electron chi connectivity index (χ1n) is 8.01. The molecule has 0 aliphatic carbocycles. The number of nitrogens with one attached hydrogen (secondary N) is 1. The smallest absolute Gasteiger partial charge is 0.326 e. The van der Waals surface area contributed by atoms with Crippen LogP contribution < -0.4 is 5.32 Å². The number of carbonyl (C=O) groups is 3. The van der Waals surface area contributed by atoms with Crippen molar-refractivity contribution in [3.63, 3.8) is 0 Å². The zero-order valence-electron chi connectivity index (χ0n) is 14.0. The lowest BCUT2D eigenvalue weighted by molar-refractivity contribution is -0.141. The predicted molar refractivity (Wildman–Crippen MR) is 91.0 cm³/mol. The molecule has 2 unspecified atom stereocenters. The summed E-state index contributed by atoms with van der Waals surface area (Å²) >= 11 is 0. The lowest BCUT2D eigenvalue weighted by Gasteiger charge is -2.21. The van der Waals surface area contributed by atoms with Gasteiger partial charge in [-0.2, -0.15) is 0 Å². The number of carboxylic acid groups (broad SMARTS) is 1. The first kappa shape index (κ1) is 17.7. The van der Waals surface area contributed by atoms with Gasteiger partial charge in [0.15, 0.2) is 5.76 Å². The maximum absolute atomic E-state index is 12.8. The van der Waals surface area contributed by atoms with E-state index in [2.05, 4.69) is 5.32 Å². The van der Waals surface area contributed by atoms with Crippen molar-refractivity contribution in [1.82, 2.24) is 4.90 Å². The summed E-state index contributed by atoms with van der Waals surface area (Å²) in [4.78, 5) is 37.5. The van der Waals surface area contributed by atoms with Crippen LogP contribution in [0.5, 0.6) is 0 Å². The molecule has 1 saturated heterocycles. The second-order valence-electron chi connectivity index (χ2n) is 5.92. The van der Waals surface area contributed by atoms with Gasteiger partial charge in [0, 0.05) is 31.3 Å². The summed E-state index contributed by atoms with van der Waals surface area (Å²) in [6, 6.07) is 8.51. The van der Waals surface area contributed by atoms with Crippen LogP contribution in [0.3, 0.4) is 0 Å². The second-order valence-corrected chi connectivity index (χ2v) is 5.92. The van der Waals surface area contributed by atoms with Gasteiger partial charge in [-0.1, -0.05) is 6.07 Å². The van der Waals surface area contributed by atoms with E-state index in [1.165, 1.54) is 30.4 Å². The largest absolute Gasteiger partial charge is 0.480 e. The highest BCUT2D eigenvalue weighted by molar-refractivity contribution is 6.03. The van der Waals surface area contributed by atoms with Crippen LogP contribution in [0.25, 0.3) is 0 Å². The highest BCUT2D eigenvalue weighted by Crippen LogP contribution is 2.24. The fraction of sp³-hybridized carbons (Fsp3) is 0.278. The topological polar surface area (TPSA) is 109 Å². The second kappa shape index (κ2) is 7.40. The fourth-order valence-electron chi connectivity index (χ4n) is 2.92. The molecule has 8 nitrogen and oxygen atoms in total. The van der Waals surface area contributed by atoms with Gasteiger partial charge in [-0.05, 0) is 30.3 Å². The summed E-state index contributed by atoms with van der Waals surface area (Å²) in [6.45, 7) is 0.204. The molecule has 0 bridgehead atoms. The van der Waals surface area contributed by atoms with E-state index >= 15 is 0 Å². The van der Waals surface area contributed by atoms with E-state index in [4.69, 9.17) is 9.15 Å². The molecule has 2 atom stereocenters. The van der Waals surface area contributed by atoms with Crippen LogP contribution in [-0.4, -0.2) is 53.6 Å². The van der Waals surface area contributed by atoms with Crippen molar-refractivity contribution in [2.24, 2.45) is 0 Å². The monoisotopic (exact) mass is 358 g/mol. The van der Waals surface area contributed by atoms with Crippen molar-refractivity contribution in [2.45, 2.75) is 18.6 Å². The summed E-state index contributed by atoms with van der Waals surface area (Å²) in [5.74, 6) is -1.79. The third-order valence-corrected chi connectivity index (χ3v) is 4.25. The number of likely N-dealkylation sites (tertiary alicyclic amines) is 1. The van der Waals surface area contributed by atoms with Gasteiger partial charge in [0.1, 0.15) is 6.04 Å². The molecule has 1 aromatic heterocycles. The number of furan rings is 1. The van der Waals surface area contributed by atoms with E-state index in [1.807, 2.05) is 0 Å². The Bertz CT molecular complexity index is 817. The first-order chi connectivity index (χ1) is 12.5. The summed E-state index contributed by atoms with van der Waals surface area (Å²) in [5.41, 5.74) is 0.692. The number of hydrogen-bond donors (Lipinski definition) is 2. The van der Waals surface area contributed by atoms with Crippen molar-refractivity contribution in [2.75, 3.05) is 19.0 Å². The summed E-state index contributed by atoms with van der Waals surface area (Å²) in [6.07, 6.45) is 1.31. The highest BCUT2D eigenvalue weighted by atomic mass is 16.5. The van der Waals surface area contributed by atoms with Gasteiger partial charge in [-0.25, -0.2) is 4.79 Å². The van der Waals surface area contributed by atoms with Gasteiger partial charge >= 0.3 is 5.97 Å². The number of rotatable bonds is 5. The third-order valence-electron chi connectivity index (χ3n) is 4.25. The summed E-state index contributed by atoms with van der Waals surface area (Å²) < 4.78 is 10.2. The van der Waals surface area contributed by atoms with Crippen LogP contribution in [-0.2, 0) is 9.53 Å². The van der Waals surface area contributed by atoms with E-state index in [0.29, 0.717) is 5.69 Å². The van der Waals surface area contributed by atoms with E-state index < -0.39 is 23.8 Å². The summed E-state index contributed by atoms with van der Waals surface area (Å²) in [5, 5.41) is 12.0. The Hall–Kier alpha value is -3.13. The SMILES string of the molecule is COC1CC(C(=O)O)N(C(=O)c2cccc(NC(=O)c3ccco3)c2)C1. The maximum Gasteiger partial charge on any atom is 0.326 e. The standard InChI is InChI=1S/C18H18N2O6/c1-25-13-9-14(18(23)24)20(10-13)17(22)11-4-2-5-12(8-11)19-16(21)15-6-3-7-26-15/h2-8,13-14H,9-10H2,1H3,(H,19,21)(H,23,24). The van der Waals surface area contributed by atoms with E-state index in [0.717, 1.165) is 0 Å². The molecule has 0 saturated carbocycles. The molecule has 0 radical (unpaired) electrons. The van der Waals surface area contributed by atoms with E-state index in [9.17, 15) is 19.5 Å². The molecule has 1 aliphatic heterocycles. The van der Waals surface area contributed by atoms with E-state index in [-0.39, 0.29) is 30.4 Å². The number of ether oxygens (including phenoxy) is 1. The number of hydrogen-bond acceptors (Lipinski definition) is 5. The van der Waals surface area contributed by atoms with Gasteiger partial charge in [0.05, 0.1) is 12.4 Å². The number of amides is 2. The molecule has 2 N–H and O–H groups in total. The fourth-order valence-corrected chi connectivity index (χ4v) is 2.92. The molecule has 26 heavy (non-hydrogen) atoms. The predicted octanol–water partition coefficient (Wildman–Crippen LogP) is 1.85.